The predicted molar refractivity (Wildman–Crippen MR) is 40.0 cm³/mol. The molecule has 0 aromatic rings. The standard InChI is InChI=1S/C5H13O5P/c1-8-11(9-2)10-4-5(7)3-6/h5-7H,3-4H2,1-2H3. The lowest BCUT2D eigenvalue weighted by molar-refractivity contribution is 0.0458. The highest BCUT2D eigenvalue weighted by Crippen LogP contribution is 2.36. The average Bonchev–Trinajstić information content (AvgIpc) is 2.06. The Kier molecular flexibility index (Phi) is 7.06. The third-order valence-electron chi connectivity index (χ3n) is 0.881. The molecule has 0 fully saturated rings. The van der Waals surface area contributed by atoms with E-state index < -0.39 is 14.7 Å². The van der Waals surface area contributed by atoms with Crippen LogP contribution in [0.15, 0.2) is 0 Å². The highest BCUT2D eigenvalue weighted by atomic mass is 31.2. The van der Waals surface area contributed by atoms with Crippen molar-refractivity contribution < 1.29 is 23.8 Å². The zero-order valence-electron chi connectivity index (χ0n) is 6.56. The second-order valence-electron chi connectivity index (χ2n) is 1.72. The van der Waals surface area contributed by atoms with Gasteiger partial charge >= 0.3 is 8.60 Å². The molecule has 5 nitrogen and oxygen atoms in total. The van der Waals surface area contributed by atoms with Gasteiger partial charge in [0.2, 0.25) is 0 Å². The molecular formula is C5H13O5P. The Morgan fingerprint density at radius 1 is 1.36 bits per heavy atom. The minimum Gasteiger partial charge on any atom is -0.394 e. The molecule has 0 aliphatic rings. The van der Waals surface area contributed by atoms with Crippen molar-refractivity contribution >= 4 is 8.60 Å². The summed E-state index contributed by atoms with van der Waals surface area (Å²) in [4.78, 5) is 0. The lowest BCUT2D eigenvalue weighted by Gasteiger charge is -2.13. The highest BCUT2D eigenvalue weighted by Gasteiger charge is 2.10. The maximum absolute atomic E-state index is 8.82. The van der Waals surface area contributed by atoms with Crippen LogP contribution in [0.5, 0.6) is 0 Å². The van der Waals surface area contributed by atoms with Gasteiger partial charge in [0.05, 0.1) is 13.2 Å². The van der Waals surface area contributed by atoms with Crippen molar-refractivity contribution in [2.75, 3.05) is 27.4 Å². The zero-order valence-corrected chi connectivity index (χ0v) is 7.45. The molecule has 68 valence electrons. The van der Waals surface area contributed by atoms with Crippen molar-refractivity contribution in [1.82, 2.24) is 0 Å². The van der Waals surface area contributed by atoms with E-state index in [0.29, 0.717) is 0 Å². The van der Waals surface area contributed by atoms with Crippen molar-refractivity contribution in [2.45, 2.75) is 6.10 Å². The molecule has 0 rings (SSSR count). The maximum Gasteiger partial charge on any atom is 0.332 e. The van der Waals surface area contributed by atoms with Gasteiger partial charge in [-0.1, -0.05) is 0 Å². The first-order chi connectivity index (χ1) is 5.24. The summed E-state index contributed by atoms with van der Waals surface area (Å²) in [6.45, 7) is -0.305. The van der Waals surface area contributed by atoms with Gasteiger partial charge in [-0.05, 0) is 0 Å². The van der Waals surface area contributed by atoms with Gasteiger partial charge in [-0.3, -0.25) is 0 Å². The van der Waals surface area contributed by atoms with Gasteiger partial charge in [-0.15, -0.1) is 0 Å². The normalized spacial score (nSPS) is 13.9. The second-order valence-corrected chi connectivity index (χ2v) is 3.16. The minimum absolute atomic E-state index is 0.0177. The van der Waals surface area contributed by atoms with Crippen LogP contribution in [0.4, 0.5) is 0 Å². The van der Waals surface area contributed by atoms with Gasteiger partial charge in [0.1, 0.15) is 6.10 Å². The van der Waals surface area contributed by atoms with Crippen LogP contribution in [0.2, 0.25) is 0 Å². The summed E-state index contributed by atoms with van der Waals surface area (Å²) in [6, 6.07) is 0. The van der Waals surface area contributed by atoms with Gasteiger partial charge < -0.3 is 23.8 Å². The van der Waals surface area contributed by atoms with Crippen LogP contribution < -0.4 is 0 Å². The van der Waals surface area contributed by atoms with E-state index >= 15 is 0 Å². The summed E-state index contributed by atoms with van der Waals surface area (Å²) in [5.41, 5.74) is 0. The van der Waals surface area contributed by atoms with Crippen LogP contribution in [-0.4, -0.2) is 43.8 Å². The molecule has 0 saturated carbocycles. The highest BCUT2D eigenvalue weighted by molar-refractivity contribution is 7.41. The van der Waals surface area contributed by atoms with Crippen LogP contribution >= 0.6 is 8.60 Å². The summed E-state index contributed by atoms with van der Waals surface area (Å²) < 4.78 is 14.3. The Morgan fingerprint density at radius 2 is 1.91 bits per heavy atom. The molecule has 11 heavy (non-hydrogen) atoms. The molecule has 1 unspecified atom stereocenters. The number of rotatable bonds is 6. The predicted octanol–water partition coefficient (Wildman–Crippen LogP) is -0.124. The van der Waals surface area contributed by atoms with Gasteiger partial charge in [-0.2, -0.15) is 0 Å². The van der Waals surface area contributed by atoms with E-state index in [1.807, 2.05) is 0 Å². The van der Waals surface area contributed by atoms with E-state index in [0.717, 1.165) is 0 Å². The molecule has 0 aliphatic heterocycles. The molecule has 0 radical (unpaired) electrons. The smallest absolute Gasteiger partial charge is 0.332 e. The van der Waals surface area contributed by atoms with Crippen molar-refractivity contribution in [1.29, 1.82) is 0 Å². The Balaban J connectivity index is 3.34. The van der Waals surface area contributed by atoms with E-state index in [2.05, 4.69) is 0 Å². The molecule has 0 bridgehead atoms. The fraction of sp³-hybridized carbons (Fsp3) is 1.00. The number of aliphatic hydroxyl groups is 2. The lowest BCUT2D eigenvalue weighted by atomic mass is 10.4. The first-order valence-corrected chi connectivity index (χ1v) is 4.14. The monoisotopic (exact) mass is 184 g/mol. The van der Waals surface area contributed by atoms with Crippen molar-refractivity contribution in [2.24, 2.45) is 0 Å². The average molecular weight is 184 g/mol. The third kappa shape index (κ3) is 5.49. The molecule has 0 saturated heterocycles. The van der Waals surface area contributed by atoms with E-state index in [9.17, 15) is 0 Å². The van der Waals surface area contributed by atoms with Gasteiger partial charge in [0.25, 0.3) is 0 Å². The van der Waals surface area contributed by atoms with Gasteiger partial charge in [-0.25, -0.2) is 0 Å². The fourth-order valence-corrected chi connectivity index (χ4v) is 1.03. The number of aliphatic hydroxyl groups excluding tert-OH is 2. The summed E-state index contributed by atoms with van der Waals surface area (Å²) in [5.74, 6) is 0. The molecule has 2 N–H and O–H groups in total. The Bertz CT molecular complexity index is 86.9. The summed E-state index contributed by atoms with van der Waals surface area (Å²) in [6.07, 6.45) is -0.870. The molecular weight excluding hydrogens is 171 g/mol. The first-order valence-electron chi connectivity index (χ1n) is 3.04. The Labute approximate surface area is 66.9 Å². The number of hydrogen-bond acceptors (Lipinski definition) is 5. The lowest BCUT2D eigenvalue weighted by Crippen LogP contribution is -2.18. The topological polar surface area (TPSA) is 68.2 Å². The van der Waals surface area contributed by atoms with E-state index in [-0.39, 0.29) is 13.2 Å². The zero-order chi connectivity index (χ0) is 8.69. The molecule has 0 aromatic carbocycles. The van der Waals surface area contributed by atoms with Gasteiger partial charge in [0, 0.05) is 14.2 Å². The van der Waals surface area contributed by atoms with Crippen LogP contribution in [0.3, 0.4) is 0 Å². The largest absolute Gasteiger partial charge is 0.394 e. The minimum atomic E-state index is -1.37. The van der Waals surface area contributed by atoms with E-state index in [4.69, 9.17) is 23.8 Å². The third-order valence-corrected chi connectivity index (χ3v) is 1.84. The SMILES string of the molecule is COP(OC)OCC(O)CO. The van der Waals surface area contributed by atoms with E-state index in [1.54, 1.807) is 0 Å². The van der Waals surface area contributed by atoms with Crippen molar-refractivity contribution in [3.63, 3.8) is 0 Å². The van der Waals surface area contributed by atoms with Crippen LogP contribution in [0.1, 0.15) is 0 Å². The maximum atomic E-state index is 8.82. The van der Waals surface area contributed by atoms with Crippen molar-refractivity contribution in [3.8, 4) is 0 Å². The quantitative estimate of drug-likeness (QED) is 0.563. The molecule has 6 heteroatoms. The van der Waals surface area contributed by atoms with Crippen LogP contribution in [0, 0.1) is 0 Å². The summed E-state index contributed by atoms with van der Waals surface area (Å²) in [5, 5.41) is 17.2. The second kappa shape index (κ2) is 6.91. The van der Waals surface area contributed by atoms with Crippen LogP contribution in [0.25, 0.3) is 0 Å². The molecule has 0 aromatic heterocycles. The molecule has 0 spiro atoms. The van der Waals surface area contributed by atoms with Crippen LogP contribution in [-0.2, 0) is 13.6 Å². The molecule has 0 amide bonds. The van der Waals surface area contributed by atoms with E-state index in [1.165, 1.54) is 14.2 Å². The first kappa shape index (κ1) is 11.2. The molecule has 0 aliphatic carbocycles. The fourth-order valence-electron chi connectivity index (χ4n) is 0.380. The summed E-state index contributed by atoms with van der Waals surface area (Å²) >= 11 is 0. The molecule has 1 atom stereocenters. The van der Waals surface area contributed by atoms with Crippen molar-refractivity contribution in [3.05, 3.63) is 0 Å². The summed E-state index contributed by atoms with van der Waals surface area (Å²) in [7, 11) is 1.52. The van der Waals surface area contributed by atoms with Gasteiger partial charge in [0.15, 0.2) is 0 Å². The Hall–Kier alpha value is 0.230. The number of hydrogen-bond donors (Lipinski definition) is 2. The Morgan fingerprint density at radius 3 is 2.27 bits per heavy atom. The molecule has 0 heterocycles.